The van der Waals surface area contributed by atoms with Gasteiger partial charge in [-0.15, -0.1) is 0 Å². The summed E-state index contributed by atoms with van der Waals surface area (Å²) >= 11 is 0. The number of hydrogen-bond acceptors (Lipinski definition) is 7. The van der Waals surface area contributed by atoms with Gasteiger partial charge in [0.1, 0.15) is 11.6 Å². The van der Waals surface area contributed by atoms with Gasteiger partial charge in [-0.1, -0.05) is 5.16 Å². The van der Waals surface area contributed by atoms with Crippen molar-refractivity contribution in [3.8, 4) is 0 Å². The minimum absolute atomic E-state index is 0.130. The lowest BCUT2D eigenvalue weighted by Crippen LogP contribution is -2.30. The van der Waals surface area contributed by atoms with Crippen LogP contribution in [0.15, 0.2) is 33.7 Å². The zero-order chi connectivity index (χ0) is 20.4. The number of aromatic nitrogens is 1. The fraction of sp³-hybridized carbons (Fsp3) is 0.312. The number of benzene rings is 1. The number of rotatable bonds is 6. The van der Waals surface area contributed by atoms with E-state index in [4.69, 9.17) is 9.26 Å². The van der Waals surface area contributed by atoms with Crippen LogP contribution in [-0.2, 0) is 19.6 Å². The Hall–Kier alpha value is -2.79. The smallest absolute Gasteiger partial charge is 0.341 e. The van der Waals surface area contributed by atoms with Gasteiger partial charge in [0.2, 0.25) is 10.0 Å². The van der Waals surface area contributed by atoms with Gasteiger partial charge in [0.25, 0.3) is 5.91 Å². The van der Waals surface area contributed by atoms with E-state index in [-0.39, 0.29) is 10.7 Å². The number of nitrogens with one attached hydrogen (secondary N) is 1. The van der Waals surface area contributed by atoms with Crippen LogP contribution in [0.4, 0.5) is 10.2 Å². The summed E-state index contributed by atoms with van der Waals surface area (Å²) in [6, 6.07) is 4.20. The normalized spacial score (nSPS) is 12.7. The first-order chi connectivity index (χ1) is 12.5. The van der Waals surface area contributed by atoms with Crippen LogP contribution in [0.3, 0.4) is 0 Å². The quantitative estimate of drug-likeness (QED) is 0.732. The molecule has 11 heteroatoms. The molecule has 1 aromatic heterocycles. The molecule has 146 valence electrons. The highest BCUT2D eigenvalue weighted by molar-refractivity contribution is 7.89. The van der Waals surface area contributed by atoms with Crippen LogP contribution in [0.2, 0.25) is 0 Å². The Morgan fingerprint density at radius 1 is 1.30 bits per heavy atom. The molecule has 0 saturated heterocycles. The Morgan fingerprint density at radius 2 is 1.96 bits per heavy atom. The van der Waals surface area contributed by atoms with Crippen LogP contribution in [0.25, 0.3) is 0 Å². The molecule has 0 aliphatic heterocycles. The van der Waals surface area contributed by atoms with Crippen LogP contribution in [-0.4, -0.2) is 50.0 Å². The highest BCUT2D eigenvalue weighted by Gasteiger charge is 2.25. The standard InChI is InChI=1S/C16H18FN3O6S/c1-9-7-14(19-26-9)18-15(21)10(2)25-16(22)12-8-11(5-6-13(12)17)27(23,24)20(3)4/h5-8,10H,1-4H3,(H,18,19,21)/t10-/m1/s1. The number of anilines is 1. The van der Waals surface area contributed by atoms with Gasteiger partial charge in [-0.05, 0) is 32.0 Å². The summed E-state index contributed by atoms with van der Waals surface area (Å²) < 4.78 is 48.9. The maximum atomic E-state index is 14.0. The zero-order valence-corrected chi connectivity index (χ0v) is 15.8. The maximum absolute atomic E-state index is 14.0. The molecule has 2 aromatic rings. The first-order valence-corrected chi connectivity index (χ1v) is 9.13. The molecule has 0 aliphatic rings. The van der Waals surface area contributed by atoms with Gasteiger partial charge < -0.3 is 14.6 Å². The lowest BCUT2D eigenvalue weighted by molar-refractivity contribution is -0.123. The van der Waals surface area contributed by atoms with Crippen LogP contribution >= 0.6 is 0 Å². The fourth-order valence-corrected chi connectivity index (χ4v) is 2.89. The van der Waals surface area contributed by atoms with Crippen molar-refractivity contribution in [1.29, 1.82) is 0 Å². The van der Waals surface area contributed by atoms with Gasteiger partial charge in [-0.3, -0.25) is 4.79 Å². The third-order valence-electron chi connectivity index (χ3n) is 3.47. The summed E-state index contributed by atoms with van der Waals surface area (Å²) in [4.78, 5) is 23.9. The molecule has 0 unspecified atom stereocenters. The van der Waals surface area contributed by atoms with Crippen molar-refractivity contribution >= 4 is 27.7 Å². The first kappa shape index (κ1) is 20.5. The third kappa shape index (κ3) is 4.68. The third-order valence-corrected chi connectivity index (χ3v) is 5.28. The summed E-state index contributed by atoms with van der Waals surface area (Å²) in [7, 11) is -1.27. The lowest BCUT2D eigenvalue weighted by atomic mass is 10.2. The van der Waals surface area contributed by atoms with E-state index in [2.05, 4.69) is 10.5 Å². The lowest BCUT2D eigenvalue weighted by Gasteiger charge is -2.14. The second-order valence-electron chi connectivity index (χ2n) is 5.79. The molecule has 9 nitrogen and oxygen atoms in total. The molecule has 0 fully saturated rings. The van der Waals surface area contributed by atoms with Gasteiger partial charge in [-0.2, -0.15) is 0 Å². The monoisotopic (exact) mass is 399 g/mol. The molecule has 0 saturated carbocycles. The second kappa shape index (κ2) is 7.84. The topological polar surface area (TPSA) is 119 Å². The number of hydrogen-bond donors (Lipinski definition) is 1. The van der Waals surface area contributed by atoms with E-state index in [0.717, 1.165) is 22.5 Å². The van der Waals surface area contributed by atoms with Crippen LogP contribution in [0.5, 0.6) is 0 Å². The van der Waals surface area contributed by atoms with Crippen molar-refractivity contribution in [2.24, 2.45) is 0 Å². The molecule has 1 atom stereocenters. The summed E-state index contributed by atoms with van der Waals surface area (Å²) in [6.45, 7) is 2.90. The second-order valence-corrected chi connectivity index (χ2v) is 7.94. The predicted octanol–water partition coefficient (Wildman–Crippen LogP) is 1.56. The molecular weight excluding hydrogens is 381 g/mol. The van der Waals surface area contributed by atoms with E-state index in [0.29, 0.717) is 5.76 Å². The summed E-state index contributed by atoms with van der Waals surface area (Å²) in [5.41, 5.74) is -0.602. The van der Waals surface area contributed by atoms with Gasteiger partial charge in [0.05, 0.1) is 10.5 Å². The largest absolute Gasteiger partial charge is 0.449 e. The molecule has 1 N–H and O–H groups in total. The number of amides is 1. The van der Waals surface area contributed by atoms with E-state index in [9.17, 15) is 22.4 Å². The number of carbonyl (C=O) groups excluding carboxylic acids is 2. The molecule has 2 rings (SSSR count). The van der Waals surface area contributed by atoms with Gasteiger partial charge >= 0.3 is 5.97 Å². The maximum Gasteiger partial charge on any atom is 0.341 e. The number of carbonyl (C=O) groups is 2. The van der Waals surface area contributed by atoms with Crippen molar-refractivity contribution in [2.75, 3.05) is 19.4 Å². The molecule has 1 heterocycles. The van der Waals surface area contributed by atoms with Crippen molar-refractivity contribution < 1.29 is 31.7 Å². The minimum Gasteiger partial charge on any atom is -0.449 e. The van der Waals surface area contributed by atoms with Gasteiger partial charge in [0, 0.05) is 20.2 Å². The Labute approximate surface area is 155 Å². The molecule has 0 spiro atoms. The molecule has 27 heavy (non-hydrogen) atoms. The highest BCUT2D eigenvalue weighted by Crippen LogP contribution is 2.19. The Balaban J connectivity index is 2.16. The summed E-state index contributed by atoms with van der Waals surface area (Å²) in [5, 5.41) is 5.93. The Kier molecular flexibility index (Phi) is 5.96. The number of ether oxygens (including phenoxy) is 1. The van der Waals surface area contributed by atoms with Crippen molar-refractivity contribution in [3.63, 3.8) is 0 Å². The van der Waals surface area contributed by atoms with E-state index >= 15 is 0 Å². The molecule has 0 aliphatic carbocycles. The van der Waals surface area contributed by atoms with Crippen LogP contribution < -0.4 is 5.32 Å². The number of esters is 1. The molecule has 0 radical (unpaired) electrons. The van der Waals surface area contributed by atoms with E-state index in [1.165, 1.54) is 27.1 Å². The van der Waals surface area contributed by atoms with E-state index < -0.39 is 39.4 Å². The SMILES string of the molecule is Cc1cc(NC(=O)[C@@H](C)OC(=O)c2cc(S(=O)(=O)N(C)C)ccc2F)no1. The number of nitrogens with zero attached hydrogens (tertiary/aromatic N) is 2. The number of sulfonamides is 1. The molecule has 0 bridgehead atoms. The highest BCUT2D eigenvalue weighted by atomic mass is 32.2. The first-order valence-electron chi connectivity index (χ1n) is 7.69. The molecule has 1 amide bonds. The predicted molar refractivity (Wildman–Crippen MR) is 92.0 cm³/mol. The van der Waals surface area contributed by atoms with Crippen molar-refractivity contribution in [3.05, 3.63) is 41.4 Å². The average Bonchev–Trinajstić information content (AvgIpc) is 2.99. The number of halogens is 1. The average molecular weight is 399 g/mol. The van der Waals surface area contributed by atoms with Crippen molar-refractivity contribution in [2.45, 2.75) is 24.8 Å². The van der Waals surface area contributed by atoms with Gasteiger partial charge in [0.15, 0.2) is 11.9 Å². The van der Waals surface area contributed by atoms with Crippen molar-refractivity contribution in [1.82, 2.24) is 9.46 Å². The van der Waals surface area contributed by atoms with E-state index in [1.54, 1.807) is 6.92 Å². The summed E-state index contributed by atoms with van der Waals surface area (Å²) in [6.07, 6.45) is -1.29. The Bertz CT molecular complexity index is 970. The Morgan fingerprint density at radius 3 is 2.52 bits per heavy atom. The minimum atomic E-state index is -3.87. The fourth-order valence-electron chi connectivity index (χ4n) is 1.96. The molecule has 1 aromatic carbocycles. The van der Waals surface area contributed by atoms with Crippen LogP contribution in [0.1, 0.15) is 23.0 Å². The molecular formula is C16H18FN3O6S. The van der Waals surface area contributed by atoms with Gasteiger partial charge in [-0.25, -0.2) is 21.9 Å². The number of aryl methyl sites for hydroxylation is 1. The summed E-state index contributed by atoms with van der Waals surface area (Å²) in [5.74, 6) is -2.27. The van der Waals surface area contributed by atoms with E-state index in [1.807, 2.05) is 0 Å². The van der Waals surface area contributed by atoms with Crippen LogP contribution in [0, 0.1) is 12.7 Å². The zero-order valence-electron chi connectivity index (χ0n) is 15.0.